The summed E-state index contributed by atoms with van der Waals surface area (Å²) in [6.07, 6.45) is 4.66. The van der Waals surface area contributed by atoms with Gasteiger partial charge >= 0.3 is 0 Å². The van der Waals surface area contributed by atoms with Gasteiger partial charge in [-0.25, -0.2) is 0 Å². The second-order valence-electron chi connectivity index (χ2n) is 10.7. The van der Waals surface area contributed by atoms with Gasteiger partial charge in [-0.05, 0) is 62.5 Å². The van der Waals surface area contributed by atoms with Crippen LogP contribution in [0.25, 0.3) is 10.9 Å². The molecule has 0 aliphatic carbocycles. The first-order valence-electron chi connectivity index (χ1n) is 13.3. The van der Waals surface area contributed by atoms with Gasteiger partial charge < -0.3 is 25.2 Å². The Bertz CT molecular complexity index is 1220. The number of aliphatic hydroxyl groups is 1. The fourth-order valence-corrected chi connectivity index (χ4v) is 5.42. The minimum atomic E-state index is -0.399. The van der Waals surface area contributed by atoms with E-state index in [1.54, 1.807) is 0 Å². The SMILES string of the molecule is CC(C)[C@H]1C(=O)N[C@H](CO)Cc2c[nH]c3c(C(=O)CCN(C)C)ccc(c23)N1CCCc1ccccc1. The van der Waals surface area contributed by atoms with E-state index in [1.165, 1.54) is 5.56 Å². The smallest absolute Gasteiger partial charge is 0.243 e. The number of carbonyl (C=O) groups excluding carboxylic acids is 2. The Kier molecular flexibility index (Phi) is 8.67. The van der Waals surface area contributed by atoms with Crippen molar-refractivity contribution in [3.63, 3.8) is 0 Å². The van der Waals surface area contributed by atoms with Crippen molar-refractivity contribution in [2.24, 2.45) is 5.92 Å². The largest absolute Gasteiger partial charge is 0.394 e. The third-order valence-electron chi connectivity index (χ3n) is 7.27. The highest BCUT2D eigenvalue weighted by Gasteiger charge is 2.34. The summed E-state index contributed by atoms with van der Waals surface area (Å²) in [5, 5.41) is 14.2. The minimum Gasteiger partial charge on any atom is -0.394 e. The first kappa shape index (κ1) is 26.9. The number of rotatable bonds is 10. The lowest BCUT2D eigenvalue weighted by molar-refractivity contribution is -0.124. The molecule has 2 heterocycles. The summed E-state index contributed by atoms with van der Waals surface area (Å²) in [5.74, 6) is 0.0765. The number of Topliss-reactive ketones (excluding diaryl/α,β-unsaturated/α-hetero) is 1. The number of carbonyl (C=O) groups is 2. The Morgan fingerprint density at radius 2 is 1.92 bits per heavy atom. The van der Waals surface area contributed by atoms with E-state index in [-0.39, 0.29) is 24.2 Å². The number of aliphatic hydroxyl groups excluding tert-OH is 1. The molecule has 3 aromatic rings. The number of ketones is 1. The Morgan fingerprint density at radius 1 is 1.16 bits per heavy atom. The number of nitrogens with one attached hydrogen (secondary N) is 2. The topological polar surface area (TPSA) is 88.7 Å². The van der Waals surface area contributed by atoms with Crippen molar-refractivity contribution < 1.29 is 14.7 Å². The molecule has 1 aliphatic rings. The molecule has 0 radical (unpaired) electrons. The Balaban J connectivity index is 1.79. The number of nitrogens with zero attached hydrogens (tertiary/aromatic N) is 2. The molecule has 1 aromatic heterocycles. The molecular formula is C30H40N4O3. The van der Waals surface area contributed by atoms with E-state index < -0.39 is 12.1 Å². The second kappa shape index (κ2) is 11.9. The Hall–Kier alpha value is -3.16. The molecular weight excluding hydrogens is 464 g/mol. The molecule has 0 unspecified atom stereocenters. The summed E-state index contributed by atoms with van der Waals surface area (Å²) >= 11 is 0. The quantitative estimate of drug-likeness (QED) is 0.366. The maximum atomic E-state index is 13.6. The molecule has 0 spiro atoms. The van der Waals surface area contributed by atoms with Crippen molar-refractivity contribution in [3.05, 3.63) is 65.4 Å². The summed E-state index contributed by atoms with van der Waals surface area (Å²) < 4.78 is 0. The van der Waals surface area contributed by atoms with Crippen LogP contribution in [0.3, 0.4) is 0 Å². The molecule has 2 aromatic carbocycles. The van der Waals surface area contributed by atoms with Gasteiger partial charge in [0.05, 0.1) is 18.2 Å². The van der Waals surface area contributed by atoms with Gasteiger partial charge in [-0.3, -0.25) is 9.59 Å². The standard InChI is InChI=1S/C30H40N4O3/c1-20(2)29-30(37)32-23(19-35)17-22-18-31-28-24(26(36)14-16-33(3)4)12-13-25(27(22)28)34(29)15-8-11-21-9-6-5-7-10-21/h5-7,9-10,12-13,18,20,23,29,31,35H,8,11,14-17,19H2,1-4H3,(H,32,37)/t23-,29-/m0/s1. The molecule has 4 rings (SSSR count). The zero-order valence-corrected chi connectivity index (χ0v) is 22.5. The van der Waals surface area contributed by atoms with Crippen LogP contribution in [0, 0.1) is 5.92 Å². The molecule has 0 fully saturated rings. The van der Waals surface area contributed by atoms with Crippen molar-refractivity contribution in [2.75, 3.05) is 38.7 Å². The van der Waals surface area contributed by atoms with E-state index in [9.17, 15) is 14.7 Å². The highest BCUT2D eigenvalue weighted by molar-refractivity contribution is 6.11. The average molecular weight is 505 g/mol. The number of hydrogen-bond donors (Lipinski definition) is 3. The van der Waals surface area contributed by atoms with Crippen LogP contribution in [0.5, 0.6) is 0 Å². The van der Waals surface area contributed by atoms with Crippen LogP contribution < -0.4 is 10.2 Å². The van der Waals surface area contributed by atoms with E-state index in [2.05, 4.69) is 53.3 Å². The van der Waals surface area contributed by atoms with Gasteiger partial charge in [-0.1, -0.05) is 44.2 Å². The van der Waals surface area contributed by atoms with Gasteiger partial charge in [-0.2, -0.15) is 0 Å². The number of amides is 1. The molecule has 7 heteroatoms. The number of hydrogen-bond acceptors (Lipinski definition) is 5. The third kappa shape index (κ3) is 6.05. The maximum Gasteiger partial charge on any atom is 0.243 e. The minimum absolute atomic E-state index is 0.0491. The van der Waals surface area contributed by atoms with Crippen LogP contribution in [-0.2, 0) is 17.6 Å². The molecule has 0 bridgehead atoms. The number of aromatic amines is 1. The number of aryl methyl sites for hydroxylation is 1. The molecule has 0 saturated heterocycles. The van der Waals surface area contributed by atoms with Crippen LogP contribution in [0.1, 0.15) is 48.2 Å². The molecule has 1 aliphatic heterocycles. The highest BCUT2D eigenvalue weighted by atomic mass is 16.3. The Morgan fingerprint density at radius 3 is 2.59 bits per heavy atom. The maximum absolute atomic E-state index is 13.6. The average Bonchev–Trinajstić information content (AvgIpc) is 3.30. The predicted octanol–water partition coefficient (Wildman–Crippen LogP) is 3.80. The predicted molar refractivity (Wildman–Crippen MR) is 149 cm³/mol. The van der Waals surface area contributed by atoms with Crippen molar-refractivity contribution in [1.82, 2.24) is 15.2 Å². The molecule has 1 amide bonds. The van der Waals surface area contributed by atoms with Crippen LogP contribution >= 0.6 is 0 Å². The van der Waals surface area contributed by atoms with Crippen LogP contribution in [0.2, 0.25) is 0 Å². The molecule has 3 N–H and O–H groups in total. The van der Waals surface area contributed by atoms with Crippen LogP contribution in [0.4, 0.5) is 5.69 Å². The van der Waals surface area contributed by atoms with Crippen molar-refractivity contribution in [3.8, 4) is 0 Å². The monoisotopic (exact) mass is 504 g/mol. The fourth-order valence-electron chi connectivity index (χ4n) is 5.42. The van der Waals surface area contributed by atoms with Crippen molar-refractivity contribution >= 4 is 28.3 Å². The summed E-state index contributed by atoms with van der Waals surface area (Å²) in [6.45, 7) is 5.36. The first-order chi connectivity index (χ1) is 17.8. The zero-order valence-electron chi connectivity index (χ0n) is 22.5. The molecule has 0 saturated carbocycles. The summed E-state index contributed by atoms with van der Waals surface area (Å²) in [5.41, 5.74) is 4.74. The second-order valence-corrected chi connectivity index (χ2v) is 10.7. The van der Waals surface area contributed by atoms with E-state index in [1.807, 2.05) is 43.4 Å². The van der Waals surface area contributed by atoms with Crippen molar-refractivity contribution in [1.29, 1.82) is 0 Å². The lowest BCUT2D eigenvalue weighted by Crippen LogP contribution is -2.53. The summed E-state index contributed by atoms with van der Waals surface area (Å²) in [7, 11) is 3.93. The molecule has 7 nitrogen and oxygen atoms in total. The van der Waals surface area contributed by atoms with E-state index >= 15 is 0 Å². The van der Waals surface area contributed by atoms with Crippen LogP contribution in [-0.4, -0.2) is 72.6 Å². The van der Waals surface area contributed by atoms with Gasteiger partial charge in [-0.15, -0.1) is 0 Å². The van der Waals surface area contributed by atoms with Gasteiger partial charge in [0, 0.05) is 42.3 Å². The van der Waals surface area contributed by atoms with E-state index in [4.69, 9.17) is 0 Å². The van der Waals surface area contributed by atoms with Gasteiger partial charge in [0.1, 0.15) is 6.04 Å². The van der Waals surface area contributed by atoms with E-state index in [0.29, 0.717) is 31.5 Å². The zero-order chi connectivity index (χ0) is 26.5. The number of aromatic nitrogens is 1. The third-order valence-corrected chi connectivity index (χ3v) is 7.27. The van der Waals surface area contributed by atoms with Gasteiger partial charge in [0.25, 0.3) is 0 Å². The fraction of sp³-hybridized carbons (Fsp3) is 0.467. The van der Waals surface area contributed by atoms with Gasteiger partial charge in [0.15, 0.2) is 5.78 Å². The molecule has 37 heavy (non-hydrogen) atoms. The number of anilines is 1. The molecule has 198 valence electrons. The highest BCUT2D eigenvalue weighted by Crippen LogP contribution is 2.36. The van der Waals surface area contributed by atoms with Crippen LogP contribution in [0.15, 0.2) is 48.7 Å². The Labute approximate surface area is 219 Å². The lowest BCUT2D eigenvalue weighted by atomic mass is 9.96. The van der Waals surface area contributed by atoms with E-state index in [0.717, 1.165) is 35.0 Å². The van der Waals surface area contributed by atoms with Gasteiger partial charge in [0.2, 0.25) is 5.91 Å². The number of benzene rings is 2. The first-order valence-corrected chi connectivity index (χ1v) is 13.3. The summed E-state index contributed by atoms with van der Waals surface area (Å²) in [4.78, 5) is 34.4. The lowest BCUT2D eigenvalue weighted by Gasteiger charge is -2.36. The van der Waals surface area contributed by atoms with Crippen molar-refractivity contribution in [2.45, 2.75) is 51.6 Å². The molecule has 2 atom stereocenters. The normalized spacial score (nSPS) is 18.1. The number of H-pyrrole nitrogens is 1. The summed E-state index contributed by atoms with van der Waals surface area (Å²) in [6, 6.07) is 13.5.